The van der Waals surface area contributed by atoms with E-state index in [1.54, 1.807) is 12.1 Å². The Hall–Kier alpha value is -1.13. The van der Waals surface area contributed by atoms with Crippen LogP contribution in [0.1, 0.15) is 85.0 Å². The largest absolute Gasteiger partial charge is 0.490 e. The first kappa shape index (κ1) is 23.2. The lowest BCUT2D eigenvalue weighted by Gasteiger charge is -2.15. The van der Waals surface area contributed by atoms with Crippen LogP contribution in [0.5, 0.6) is 5.75 Å². The van der Waals surface area contributed by atoms with Gasteiger partial charge in [0.05, 0.1) is 13.3 Å². The topological polar surface area (TPSA) is 41.5 Å². The van der Waals surface area contributed by atoms with Crippen molar-refractivity contribution in [2.45, 2.75) is 90.5 Å². The van der Waals surface area contributed by atoms with Crippen LogP contribution >= 0.6 is 0 Å². The van der Waals surface area contributed by atoms with Gasteiger partial charge in [0, 0.05) is 6.97 Å². The fourth-order valence-corrected chi connectivity index (χ4v) is 3.38. The predicted octanol–water partition coefficient (Wildman–Crippen LogP) is 6.22. The highest BCUT2D eigenvalue weighted by Gasteiger charge is 2.40. The Morgan fingerprint density at radius 2 is 2.04 bits per heavy atom. The van der Waals surface area contributed by atoms with Crippen molar-refractivity contribution in [2.75, 3.05) is 13.3 Å². The molecular weight excluding hydrogens is 353 g/mol. The minimum atomic E-state index is -0.258. The quantitative estimate of drug-likeness (QED) is 0.326. The Labute approximate surface area is 172 Å². The minimum Gasteiger partial charge on any atom is -0.490 e. The number of aliphatic hydroxyl groups is 1. The number of aliphatic hydroxyl groups excluding tert-OH is 1. The second-order valence-electron chi connectivity index (χ2n) is 8.92. The van der Waals surface area contributed by atoms with E-state index in [-0.39, 0.29) is 14.0 Å². The molecule has 2 fully saturated rings. The van der Waals surface area contributed by atoms with Crippen LogP contribution in [0.3, 0.4) is 0 Å². The molecule has 2 saturated carbocycles. The normalized spacial score (nSPS) is 18.2. The number of rotatable bonds is 12. The second kappa shape index (κ2) is 11.8. The average molecular weight is 396 g/mol. The van der Waals surface area contributed by atoms with Crippen LogP contribution < -0.4 is 10.1 Å². The van der Waals surface area contributed by atoms with Gasteiger partial charge in [-0.2, -0.15) is 0 Å². The van der Waals surface area contributed by atoms with E-state index in [9.17, 15) is 4.39 Å². The van der Waals surface area contributed by atoms with Gasteiger partial charge < -0.3 is 9.84 Å². The van der Waals surface area contributed by atoms with Gasteiger partial charge in [-0.25, -0.2) is 4.39 Å². The van der Waals surface area contributed by atoms with Crippen LogP contribution in [0.4, 0.5) is 4.39 Å². The van der Waals surface area contributed by atoms with E-state index in [1.807, 2.05) is 6.92 Å². The molecule has 0 heterocycles. The SMILES string of the molecule is CCC(C)CCCCCC1(NCO)CC1.Cc1ccc(F)c(OCC2CC2)c1.[HH]. The number of benzene rings is 1. The highest BCUT2D eigenvalue weighted by molar-refractivity contribution is 5.29. The summed E-state index contributed by atoms with van der Waals surface area (Å²) in [5, 5.41) is 12.0. The zero-order chi connectivity index (χ0) is 20.4. The van der Waals surface area contributed by atoms with Crippen molar-refractivity contribution in [3.63, 3.8) is 0 Å². The van der Waals surface area contributed by atoms with Crippen molar-refractivity contribution < 1.29 is 15.7 Å². The van der Waals surface area contributed by atoms with Gasteiger partial charge in [0.2, 0.25) is 0 Å². The Kier molecular flexibility index (Phi) is 9.73. The first-order valence-corrected chi connectivity index (χ1v) is 11.2. The van der Waals surface area contributed by atoms with Crippen LogP contribution in [0.25, 0.3) is 0 Å². The number of hydrogen-bond acceptors (Lipinski definition) is 3. The van der Waals surface area contributed by atoms with Gasteiger partial charge in [-0.05, 0) is 68.6 Å². The Morgan fingerprint density at radius 3 is 2.64 bits per heavy atom. The third kappa shape index (κ3) is 8.91. The van der Waals surface area contributed by atoms with Gasteiger partial charge >= 0.3 is 0 Å². The van der Waals surface area contributed by atoms with E-state index in [0.29, 0.717) is 23.8 Å². The molecule has 1 aromatic carbocycles. The lowest BCUT2D eigenvalue weighted by Crippen LogP contribution is -2.31. The van der Waals surface area contributed by atoms with E-state index in [2.05, 4.69) is 19.2 Å². The highest BCUT2D eigenvalue weighted by Crippen LogP contribution is 2.40. The number of unbranched alkanes of at least 4 members (excludes halogenated alkanes) is 2. The lowest BCUT2D eigenvalue weighted by atomic mass is 9.99. The number of hydrogen-bond donors (Lipinski definition) is 2. The molecule has 0 aliphatic heterocycles. The molecule has 2 aliphatic carbocycles. The maximum absolute atomic E-state index is 13.1. The molecule has 28 heavy (non-hydrogen) atoms. The molecule has 0 spiro atoms. The minimum absolute atomic E-state index is 0. The van der Waals surface area contributed by atoms with Gasteiger partial charge in [0.15, 0.2) is 11.6 Å². The van der Waals surface area contributed by atoms with Crippen molar-refractivity contribution >= 4 is 0 Å². The molecule has 2 aliphatic rings. The summed E-state index contributed by atoms with van der Waals surface area (Å²) in [6, 6.07) is 4.95. The molecular formula is C24H42FNO2. The summed E-state index contributed by atoms with van der Waals surface area (Å²) in [7, 11) is 0. The van der Waals surface area contributed by atoms with Crippen LogP contribution in [0.2, 0.25) is 0 Å². The van der Waals surface area contributed by atoms with Crippen LogP contribution in [0.15, 0.2) is 18.2 Å². The van der Waals surface area contributed by atoms with Gasteiger partial charge in [-0.1, -0.05) is 52.0 Å². The monoisotopic (exact) mass is 395 g/mol. The average Bonchev–Trinajstić information content (AvgIpc) is 3.60. The van der Waals surface area contributed by atoms with E-state index >= 15 is 0 Å². The van der Waals surface area contributed by atoms with Crippen molar-refractivity contribution in [1.29, 1.82) is 0 Å². The first-order valence-electron chi connectivity index (χ1n) is 11.2. The zero-order valence-corrected chi connectivity index (χ0v) is 18.1. The lowest BCUT2D eigenvalue weighted by molar-refractivity contribution is 0.228. The van der Waals surface area contributed by atoms with Crippen LogP contribution in [-0.4, -0.2) is 24.0 Å². The van der Waals surface area contributed by atoms with Crippen molar-refractivity contribution in [3.05, 3.63) is 29.6 Å². The fraction of sp³-hybridized carbons (Fsp3) is 0.750. The van der Waals surface area contributed by atoms with Gasteiger partial charge in [-0.3, -0.25) is 5.32 Å². The first-order chi connectivity index (χ1) is 13.5. The zero-order valence-electron chi connectivity index (χ0n) is 18.1. The molecule has 1 aromatic rings. The summed E-state index contributed by atoms with van der Waals surface area (Å²) in [6.07, 6.45) is 13.0. The molecule has 3 nitrogen and oxygen atoms in total. The fourth-order valence-electron chi connectivity index (χ4n) is 3.38. The third-order valence-electron chi connectivity index (χ3n) is 6.11. The summed E-state index contributed by atoms with van der Waals surface area (Å²) in [4.78, 5) is 0. The third-order valence-corrected chi connectivity index (χ3v) is 6.11. The maximum atomic E-state index is 13.1. The van der Waals surface area contributed by atoms with E-state index < -0.39 is 0 Å². The van der Waals surface area contributed by atoms with E-state index in [0.717, 1.165) is 11.5 Å². The van der Waals surface area contributed by atoms with Gasteiger partial charge in [0.1, 0.15) is 0 Å². The molecule has 1 atom stereocenters. The number of aryl methyl sites for hydroxylation is 1. The summed E-state index contributed by atoms with van der Waals surface area (Å²) < 4.78 is 18.5. The maximum Gasteiger partial charge on any atom is 0.165 e. The smallest absolute Gasteiger partial charge is 0.165 e. The molecule has 0 aromatic heterocycles. The molecule has 0 radical (unpaired) electrons. The summed E-state index contributed by atoms with van der Waals surface area (Å²) in [6.45, 7) is 7.36. The van der Waals surface area contributed by atoms with Gasteiger partial charge in [-0.15, -0.1) is 0 Å². The van der Waals surface area contributed by atoms with E-state index in [4.69, 9.17) is 9.84 Å². The van der Waals surface area contributed by atoms with Crippen molar-refractivity contribution in [3.8, 4) is 5.75 Å². The molecule has 0 amide bonds. The molecule has 2 N–H and O–H groups in total. The second-order valence-corrected chi connectivity index (χ2v) is 8.92. The van der Waals surface area contributed by atoms with Crippen molar-refractivity contribution in [1.82, 2.24) is 5.32 Å². The van der Waals surface area contributed by atoms with E-state index in [1.165, 1.54) is 70.3 Å². The van der Waals surface area contributed by atoms with Gasteiger partial charge in [0.25, 0.3) is 0 Å². The molecule has 3 rings (SSSR count). The number of halogens is 1. The number of nitrogens with one attached hydrogen (secondary N) is 1. The standard InChI is InChI=1S/C13H27NO.C11H13FO.H2/c1-3-12(2)7-5-4-6-8-13(9-10-13)14-11-15;1-8-2-5-10(12)11(6-8)13-7-9-3-4-9;/h12,14-15H,3-11H2,1-2H3;2,5-6,9H,3-4,7H2,1H3;1H. The molecule has 0 saturated heterocycles. The predicted molar refractivity (Wildman–Crippen MR) is 116 cm³/mol. The Balaban J connectivity index is 0.000000282. The Bertz CT molecular complexity index is 576. The molecule has 4 heteroatoms. The summed E-state index contributed by atoms with van der Waals surface area (Å²) >= 11 is 0. The summed E-state index contributed by atoms with van der Waals surface area (Å²) in [5.41, 5.74) is 1.37. The molecule has 1 unspecified atom stereocenters. The Morgan fingerprint density at radius 1 is 1.29 bits per heavy atom. The molecule has 0 bridgehead atoms. The van der Waals surface area contributed by atoms with Crippen LogP contribution in [0, 0.1) is 24.6 Å². The molecule has 162 valence electrons. The highest BCUT2D eigenvalue weighted by atomic mass is 19.1. The summed E-state index contributed by atoms with van der Waals surface area (Å²) in [5.74, 6) is 1.70. The van der Waals surface area contributed by atoms with Crippen molar-refractivity contribution in [2.24, 2.45) is 11.8 Å². The number of ether oxygens (including phenoxy) is 1. The van der Waals surface area contributed by atoms with Crippen LogP contribution in [-0.2, 0) is 0 Å².